The van der Waals surface area contributed by atoms with Crippen molar-refractivity contribution in [3.63, 3.8) is 0 Å². The van der Waals surface area contributed by atoms with Crippen molar-refractivity contribution in [2.75, 3.05) is 17.6 Å². The van der Waals surface area contributed by atoms with E-state index in [4.69, 9.17) is 31.8 Å². The molecule has 1 N–H and O–H groups in total. The molecule has 0 saturated carbocycles. The van der Waals surface area contributed by atoms with Crippen LogP contribution < -0.4 is 19.1 Å². The Kier molecular flexibility index (Phi) is 6.97. The SMILES string of the molecule is O=C(NCc1ccc2c(c1)OCO2)c1ccc(N(CCc2ccccc2Cl)S(=O)(=O)Cl)cc1. The summed E-state index contributed by atoms with van der Waals surface area (Å²) in [6, 6.07) is 18.8. The standard InChI is InChI=1S/C23H20Cl2N2O5S/c24-20-4-2-1-3-17(20)11-12-27(33(25,29)30)19-8-6-18(7-9-19)23(28)26-14-16-5-10-21-22(13-16)32-15-31-21/h1-10,13H,11-12,14-15H2,(H,26,28). The summed E-state index contributed by atoms with van der Waals surface area (Å²) in [5.41, 5.74) is 2.41. The molecular formula is C23H20Cl2N2O5S. The molecule has 0 spiro atoms. The van der Waals surface area contributed by atoms with Crippen molar-refractivity contribution in [1.29, 1.82) is 0 Å². The molecule has 0 radical (unpaired) electrons. The molecule has 1 heterocycles. The van der Waals surface area contributed by atoms with E-state index < -0.39 is 9.24 Å². The number of nitrogens with zero attached hydrogens (tertiary/aromatic N) is 1. The summed E-state index contributed by atoms with van der Waals surface area (Å²) in [6.45, 7) is 0.591. The van der Waals surface area contributed by atoms with E-state index in [0.29, 0.717) is 40.7 Å². The van der Waals surface area contributed by atoms with Crippen LogP contribution in [0, 0.1) is 0 Å². The van der Waals surface area contributed by atoms with E-state index in [1.165, 1.54) is 0 Å². The number of carbonyl (C=O) groups excluding carboxylic acids is 1. The molecule has 0 bridgehead atoms. The van der Waals surface area contributed by atoms with Gasteiger partial charge in [-0.2, -0.15) is 8.42 Å². The monoisotopic (exact) mass is 506 g/mol. The zero-order valence-electron chi connectivity index (χ0n) is 17.3. The van der Waals surface area contributed by atoms with Gasteiger partial charge in [0.15, 0.2) is 11.5 Å². The van der Waals surface area contributed by atoms with E-state index in [2.05, 4.69) is 5.32 Å². The maximum Gasteiger partial charge on any atom is 0.321 e. The lowest BCUT2D eigenvalue weighted by molar-refractivity contribution is 0.0951. The smallest absolute Gasteiger partial charge is 0.321 e. The van der Waals surface area contributed by atoms with Crippen LogP contribution in [-0.4, -0.2) is 27.7 Å². The topological polar surface area (TPSA) is 84.9 Å². The lowest BCUT2D eigenvalue weighted by Gasteiger charge is -2.21. The average molecular weight is 507 g/mol. The third-order valence-corrected chi connectivity index (χ3v) is 6.90. The van der Waals surface area contributed by atoms with Gasteiger partial charge in [0.25, 0.3) is 5.91 Å². The first kappa shape index (κ1) is 23.2. The predicted molar refractivity (Wildman–Crippen MR) is 127 cm³/mol. The number of anilines is 1. The first-order valence-corrected chi connectivity index (χ1v) is 12.7. The molecule has 0 fully saturated rings. The molecule has 4 rings (SSSR count). The number of halogens is 2. The van der Waals surface area contributed by atoms with Crippen LogP contribution in [0.5, 0.6) is 11.5 Å². The Balaban J connectivity index is 1.41. The summed E-state index contributed by atoms with van der Waals surface area (Å²) in [4.78, 5) is 12.5. The molecule has 33 heavy (non-hydrogen) atoms. The number of benzene rings is 3. The summed E-state index contributed by atoms with van der Waals surface area (Å²) in [6.07, 6.45) is 0.378. The molecule has 0 atom stereocenters. The van der Waals surface area contributed by atoms with E-state index in [1.807, 2.05) is 24.3 Å². The molecule has 10 heteroatoms. The maximum atomic E-state index is 12.5. The number of ether oxygens (including phenoxy) is 2. The second kappa shape index (κ2) is 9.91. The number of hydrogen-bond donors (Lipinski definition) is 1. The van der Waals surface area contributed by atoms with Crippen LogP contribution in [0.25, 0.3) is 0 Å². The fourth-order valence-electron chi connectivity index (χ4n) is 3.40. The third-order valence-electron chi connectivity index (χ3n) is 5.11. The summed E-state index contributed by atoms with van der Waals surface area (Å²) < 4.78 is 36.0. The van der Waals surface area contributed by atoms with Crippen molar-refractivity contribution in [1.82, 2.24) is 5.32 Å². The molecule has 1 aliphatic heterocycles. The van der Waals surface area contributed by atoms with Gasteiger partial charge in [-0.15, -0.1) is 0 Å². The highest BCUT2D eigenvalue weighted by atomic mass is 35.7. The number of amides is 1. The van der Waals surface area contributed by atoms with Crippen molar-refractivity contribution in [3.8, 4) is 11.5 Å². The van der Waals surface area contributed by atoms with Gasteiger partial charge in [-0.3, -0.25) is 9.10 Å². The summed E-state index contributed by atoms with van der Waals surface area (Å²) in [5, 5.41) is 3.38. The van der Waals surface area contributed by atoms with E-state index in [0.717, 1.165) is 15.4 Å². The van der Waals surface area contributed by atoms with Crippen LogP contribution in [0.4, 0.5) is 5.69 Å². The number of rotatable bonds is 8. The average Bonchev–Trinajstić information content (AvgIpc) is 3.26. The Bertz CT molecular complexity index is 1270. The molecule has 0 aromatic heterocycles. The van der Waals surface area contributed by atoms with Crippen molar-refractivity contribution in [2.24, 2.45) is 0 Å². The van der Waals surface area contributed by atoms with Gasteiger partial charge in [-0.05, 0) is 60.0 Å². The molecule has 0 saturated heterocycles. The number of carbonyl (C=O) groups is 1. The van der Waals surface area contributed by atoms with Crippen molar-refractivity contribution < 1.29 is 22.7 Å². The predicted octanol–water partition coefficient (Wildman–Crippen LogP) is 4.53. The minimum absolute atomic E-state index is 0.102. The molecule has 1 aliphatic rings. The van der Waals surface area contributed by atoms with Crippen LogP contribution in [0.1, 0.15) is 21.5 Å². The Labute approximate surface area is 201 Å². The second-order valence-electron chi connectivity index (χ2n) is 7.27. The van der Waals surface area contributed by atoms with Gasteiger partial charge in [-0.25, -0.2) is 0 Å². The van der Waals surface area contributed by atoms with Crippen LogP contribution >= 0.6 is 22.3 Å². The fourth-order valence-corrected chi connectivity index (χ4v) is 4.76. The highest BCUT2D eigenvalue weighted by Crippen LogP contribution is 2.32. The van der Waals surface area contributed by atoms with Gasteiger partial charge in [0.05, 0.1) is 5.69 Å². The van der Waals surface area contributed by atoms with Gasteiger partial charge in [0, 0.05) is 34.4 Å². The van der Waals surface area contributed by atoms with Gasteiger partial charge in [-0.1, -0.05) is 35.9 Å². The Hall–Kier alpha value is -2.94. The van der Waals surface area contributed by atoms with Crippen molar-refractivity contribution >= 4 is 43.1 Å². The molecule has 3 aromatic rings. The lowest BCUT2D eigenvalue weighted by atomic mass is 10.1. The molecule has 7 nitrogen and oxygen atoms in total. The van der Waals surface area contributed by atoms with Crippen LogP contribution in [-0.2, 0) is 22.2 Å². The van der Waals surface area contributed by atoms with Gasteiger partial charge < -0.3 is 14.8 Å². The summed E-state index contributed by atoms with van der Waals surface area (Å²) in [7, 11) is 1.62. The molecule has 1 amide bonds. The molecule has 3 aromatic carbocycles. The first-order chi connectivity index (χ1) is 15.8. The molecule has 0 unspecified atom stereocenters. The Morgan fingerprint density at radius 1 is 1.00 bits per heavy atom. The second-order valence-corrected chi connectivity index (χ2v) is 10.1. The number of hydrogen-bond acceptors (Lipinski definition) is 5. The zero-order chi connectivity index (χ0) is 23.4. The maximum absolute atomic E-state index is 12.5. The van der Waals surface area contributed by atoms with E-state index in [9.17, 15) is 13.2 Å². The van der Waals surface area contributed by atoms with Gasteiger partial charge in [0.1, 0.15) is 0 Å². The molecule has 172 valence electrons. The lowest BCUT2D eigenvalue weighted by Crippen LogP contribution is -2.29. The quantitative estimate of drug-likeness (QED) is 0.453. The van der Waals surface area contributed by atoms with Crippen LogP contribution in [0.2, 0.25) is 5.02 Å². The van der Waals surface area contributed by atoms with E-state index in [1.54, 1.807) is 42.5 Å². The third kappa shape index (κ3) is 5.71. The summed E-state index contributed by atoms with van der Waals surface area (Å²) in [5.74, 6) is 1.02. The molecule has 0 aliphatic carbocycles. The largest absolute Gasteiger partial charge is 0.454 e. The number of nitrogens with one attached hydrogen (secondary N) is 1. The minimum atomic E-state index is -4.05. The summed E-state index contributed by atoms with van der Waals surface area (Å²) >= 11 is 6.17. The Morgan fingerprint density at radius 2 is 1.73 bits per heavy atom. The van der Waals surface area contributed by atoms with E-state index >= 15 is 0 Å². The Morgan fingerprint density at radius 3 is 2.45 bits per heavy atom. The van der Waals surface area contributed by atoms with Crippen LogP contribution in [0.3, 0.4) is 0 Å². The van der Waals surface area contributed by atoms with Gasteiger partial charge >= 0.3 is 9.24 Å². The minimum Gasteiger partial charge on any atom is -0.454 e. The van der Waals surface area contributed by atoms with Crippen molar-refractivity contribution in [3.05, 3.63) is 88.4 Å². The van der Waals surface area contributed by atoms with E-state index in [-0.39, 0.29) is 19.2 Å². The zero-order valence-corrected chi connectivity index (χ0v) is 19.7. The van der Waals surface area contributed by atoms with Crippen LogP contribution in [0.15, 0.2) is 66.7 Å². The highest BCUT2D eigenvalue weighted by molar-refractivity contribution is 8.14. The molecular weight excluding hydrogens is 487 g/mol. The van der Waals surface area contributed by atoms with Crippen molar-refractivity contribution in [2.45, 2.75) is 13.0 Å². The van der Waals surface area contributed by atoms with Gasteiger partial charge in [0.2, 0.25) is 6.79 Å². The normalized spacial score (nSPS) is 12.4. The number of fused-ring (bicyclic) bond motifs is 1. The highest BCUT2D eigenvalue weighted by Gasteiger charge is 2.21. The first-order valence-electron chi connectivity index (χ1n) is 10.0. The fraction of sp³-hybridized carbons (Fsp3) is 0.174.